The molecule has 0 bridgehead atoms. The molecule has 0 spiro atoms. The molecule has 0 aliphatic carbocycles. The van der Waals surface area contributed by atoms with Crippen molar-refractivity contribution in [2.24, 2.45) is 5.73 Å². The van der Waals surface area contributed by atoms with Gasteiger partial charge in [-0.25, -0.2) is 4.39 Å². The van der Waals surface area contributed by atoms with Gasteiger partial charge in [-0.15, -0.1) is 0 Å². The molecule has 1 unspecified atom stereocenters. The molecule has 0 fully saturated rings. The Balaban J connectivity index is 2.36. The first kappa shape index (κ1) is 15.2. The molecule has 2 N–H and O–H groups in total. The second kappa shape index (κ2) is 5.65. The topological polar surface area (TPSA) is 43.1 Å². The lowest BCUT2D eigenvalue weighted by atomic mass is 9.97. The minimum absolute atomic E-state index is 0.278. The third-order valence-electron chi connectivity index (χ3n) is 3.00. The fraction of sp³-hybridized carbons (Fsp3) is 0.133. The van der Waals surface area contributed by atoms with Gasteiger partial charge in [0.2, 0.25) is 0 Å². The van der Waals surface area contributed by atoms with E-state index in [0.717, 1.165) is 6.07 Å². The molecule has 0 radical (unpaired) electrons. The van der Waals surface area contributed by atoms with E-state index in [4.69, 9.17) is 5.73 Å². The number of Topliss-reactive ketones (excluding diaryl/α,β-unsaturated/α-hetero) is 1. The van der Waals surface area contributed by atoms with Gasteiger partial charge in [0.1, 0.15) is 5.82 Å². The number of ketones is 1. The summed E-state index contributed by atoms with van der Waals surface area (Å²) in [5.41, 5.74) is 4.46. The van der Waals surface area contributed by atoms with E-state index in [1.165, 1.54) is 0 Å². The third-order valence-corrected chi connectivity index (χ3v) is 3.00. The zero-order valence-corrected chi connectivity index (χ0v) is 10.7. The van der Waals surface area contributed by atoms with Gasteiger partial charge in [-0.3, -0.25) is 4.79 Å². The zero-order valence-electron chi connectivity index (χ0n) is 10.7. The minimum Gasteiger partial charge on any atom is -0.318 e. The highest BCUT2D eigenvalue weighted by Gasteiger charge is 2.35. The SMILES string of the molecule is NC(C(=O)c1ccc(F)c(C(F)(F)F)c1)c1ccccc1. The second-order valence-electron chi connectivity index (χ2n) is 4.44. The molecular formula is C15H11F4NO. The number of benzene rings is 2. The van der Waals surface area contributed by atoms with Gasteiger partial charge in [-0.05, 0) is 23.8 Å². The van der Waals surface area contributed by atoms with Crippen molar-refractivity contribution in [1.29, 1.82) is 0 Å². The van der Waals surface area contributed by atoms with Crippen LogP contribution in [0.1, 0.15) is 27.5 Å². The van der Waals surface area contributed by atoms with Crippen molar-refractivity contribution < 1.29 is 22.4 Å². The monoisotopic (exact) mass is 297 g/mol. The number of halogens is 4. The summed E-state index contributed by atoms with van der Waals surface area (Å²) in [6, 6.07) is 9.23. The van der Waals surface area contributed by atoms with Crippen LogP contribution in [-0.2, 0) is 6.18 Å². The molecule has 110 valence electrons. The van der Waals surface area contributed by atoms with Gasteiger partial charge in [0.15, 0.2) is 5.78 Å². The van der Waals surface area contributed by atoms with Crippen molar-refractivity contribution in [2.45, 2.75) is 12.2 Å². The summed E-state index contributed by atoms with van der Waals surface area (Å²) in [6.07, 6.45) is -4.86. The molecular weight excluding hydrogens is 286 g/mol. The molecule has 0 saturated carbocycles. The fourth-order valence-electron chi connectivity index (χ4n) is 1.89. The molecule has 2 nitrogen and oxygen atoms in total. The lowest BCUT2D eigenvalue weighted by molar-refractivity contribution is -0.140. The molecule has 2 aromatic rings. The predicted octanol–water partition coefficient (Wildman–Crippen LogP) is 3.73. The predicted molar refractivity (Wildman–Crippen MR) is 69.1 cm³/mol. The Hall–Kier alpha value is -2.21. The smallest absolute Gasteiger partial charge is 0.318 e. The van der Waals surface area contributed by atoms with Gasteiger partial charge in [-0.1, -0.05) is 30.3 Å². The third kappa shape index (κ3) is 3.28. The van der Waals surface area contributed by atoms with Crippen LogP contribution in [0.25, 0.3) is 0 Å². The highest BCUT2D eigenvalue weighted by molar-refractivity contribution is 6.00. The summed E-state index contributed by atoms with van der Waals surface area (Å²) >= 11 is 0. The van der Waals surface area contributed by atoms with Gasteiger partial charge in [0.05, 0.1) is 11.6 Å². The van der Waals surface area contributed by atoms with E-state index in [-0.39, 0.29) is 5.56 Å². The van der Waals surface area contributed by atoms with Crippen LogP contribution in [0.4, 0.5) is 17.6 Å². The molecule has 0 aliphatic heterocycles. The summed E-state index contributed by atoms with van der Waals surface area (Å²) in [4.78, 5) is 12.1. The summed E-state index contributed by atoms with van der Waals surface area (Å²) < 4.78 is 51.1. The van der Waals surface area contributed by atoms with Crippen molar-refractivity contribution in [3.8, 4) is 0 Å². The lowest BCUT2D eigenvalue weighted by Gasteiger charge is -2.13. The van der Waals surface area contributed by atoms with Gasteiger partial charge in [-0.2, -0.15) is 13.2 Å². The first-order valence-corrected chi connectivity index (χ1v) is 6.02. The first-order chi connectivity index (χ1) is 9.80. The van der Waals surface area contributed by atoms with Crippen LogP contribution < -0.4 is 5.73 Å². The first-order valence-electron chi connectivity index (χ1n) is 6.02. The highest BCUT2D eigenvalue weighted by Crippen LogP contribution is 2.32. The van der Waals surface area contributed by atoms with Crippen LogP contribution in [-0.4, -0.2) is 5.78 Å². The van der Waals surface area contributed by atoms with E-state index in [0.29, 0.717) is 17.7 Å². The molecule has 0 amide bonds. The van der Waals surface area contributed by atoms with Gasteiger partial charge < -0.3 is 5.73 Å². The Morgan fingerprint density at radius 3 is 2.24 bits per heavy atom. The van der Waals surface area contributed by atoms with Crippen molar-refractivity contribution in [3.05, 3.63) is 71.0 Å². The average molecular weight is 297 g/mol. The Labute approximate surface area is 118 Å². The van der Waals surface area contributed by atoms with Crippen molar-refractivity contribution >= 4 is 5.78 Å². The molecule has 0 heterocycles. The lowest BCUT2D eigenvalue weighted by Crippen LogP contribution is -2.22. The maximum atomic E-state index is 13.2. The Bertz CT molecular complexity index is 652. The number of carbonyl (C=O) groups is 1. The van der Waals surface area contributed by atoms with E-state index in [9.17, 15) is 22.4 Å². The molecule has 0 aliphatic rings. The molecule has 0 aromatic heterocycles. The normalized spacial score (nSPS) is 13.0. The van der Waals surface area contributed by atoms with Crippen LogP contribution in [0.3, 0.4) is 0 Å². The zero-order chi connectivity index (χ0) is 15.6. The van der Waals surface area contributed by atoms with Crippen molar-refractivity contribution in [2.75, 3.05) is 0 Å². The Morgan fingerprint density at radius 1 is 1.05 bits per heavy atom. The van der Waals surface area contributed by atoms with Crippen LogP contribution in [0, 0.1) is 5.82 Å². The van der Waals surface area contributed by atoms with Gasteiger partial charge >= 0.3 is 6.18 Å². The van der Waals surface area contributed by atoms with Gasteiger partial charge in [0.25, 0.3) is 0 Å². The van der Waals surface area contributed by atoms with Crippen molar-refractivity contribution in [1.82, 2.24) is 0 Å². The second-order valence-corrected chi connectivity index (χ2v) is 4.44. The molecule has 0 saturated heterocycles. The molecule has 2 aromatic carbocycles. The molecule has 2 rings (SSSR count). The Kier molecular flexibility index (Phi) is 4.09. The number of hydrogen-bond donors (Lipinski definition) is 1. The minimum atomic E-state index is -4.86. The largest absolute Gasteiger partial charge is 0.419 e. The van der Waals surface area contributed by atoms with E-state index in [2.05, 4.69) is 0 Å². The maximum absolute atomic E-state index is 13.2. The quantitative estimate of drug-likeness (QED) is 0.693. The summed E-state index contributed by atoms with van der Waals surface area (Å²) in [5, 5.41) is 0. The molecule has 1 atom stereocenters. The molecule has 21 heavy (non-hydrogen) atoms. The van der Waals surface area contributed by atoms with E-state index in [1.807, 2.05) is 0 Å². The number of rotatable bonds is 3. The van der Waals surface area contributed by atoms with Crippen LogP contribution in [0.15, 0.2) is 48.5 Å². The van der Waals surface area contributed by atoms with E-state index >= 15 is 0 Å². The summed E-state index contributed by atoms with van der Waals surface area (Å²) in [5.74, 6) is -2.13. The van der Waals surface area contributed by atoms with Crippen molar-refractivity contribution in [3.63, 3.8) is 0 Å². The van der Waals surface area contributed by atoms with Crippen LogP contribution >= 0.6 is 0 Å². The maximum Gasteiger partial charge on any atom is 0.419 e. The fourth-order valence-corrected chi connectivity index (χ4v) is 1.89. The average Bonchev–Trinajstić information content (AvgIpc) is 2.46. The number of alkyl halides is 3. The summed E-state index contributed by atoms with van der Waals surface area (Å²) in [6.45, 7) is 0. The van der Waals surface area contributed by atoms with E-state index in [1.54, 1.807) is 30.3 Å². The number of hydrogen-bond acceptors (Lipinski definition) is 2. The molecule has 6 heteroatoms. The number of carbonyl (C=O) groups excluding carboxylic acids is 1. The summed E-state index contributed by atoms with van der Waals surface area (Å²) in [7, 11) is 0. The van der Waals surface area contributed by atoms with Gasteiger partial charge in [0, 0.05) is 5.56 Å². The highest BCUT2D eigenvalue weighted by atomic mass is 19.4. The van der Waals surface area contributed by atoms with Crippen LogP contribution in [0.2, 0.25) is 0 Å². The van der Waals surface area contributed by atoms with E-state index < -0.39 is 29.4 Å². The van der Waals surface area contributed by atoms with Crippen LogP contribution in [0.5, 0.6) is 0 Å². The Morgan fingerprint density at radius 2 is 1.67 bits per heavy atom. The standard InChI is InChI=1S/C15H11F4NO/c16-12-7-6-10(8-11(12)15(17,18)19)14(21)13(20)9-4-2-1-3-5-9/h1-8,13H,20H2. The number of nitrogens with two attached hydrogens (primary N) is 1.